The van der Waals surface area contributed by atoms with E-state index in [4.69, 9.17) is 9.02 Å². The van der Waals surface area contributed by atoms with Gasteiger partial charge in [-0.15, -0.1) is 0 Å². The SMILES string of the molecule is COC(=O)c1cccc2c1/C(=N/OS(=O)(=O)c1ccc(C)cc1)CC2. The molecule has 2 aromatic rings. The molecule has 0 bridgehead atoms. The Hall–Kier alpha value is -2.67. The normalized spacial score (nSPS) is 15.0. The molecule has 0 atom stereocenters. The Morgan fingerprint density at radius 1 is 1.08 bits per heavy atom. The summed E-state index contributed by atoms with van der Waals surface area (Å²) in [7, 11) is -2.71. The van der Waals surface area contributed by atoms with Gasteiger partial charge in [0.15, 0.2) is 0 Å². The van der Waals surface area contributed by atoms with Crippen molar-refractivity contribution in [1.29, 1.82) is 0 Å². The van der Waals surface area contributed by atoms with Crippen LogP contribution in [0.2, 0.25) is 0 Å². The van der Waals surface area contributed by atoms with Crippen LogP contribution in [0.4, 0.5) is 0 Å². The molecule has 7 heteroatoms. The van der Waals surface area contributed by atoms with Crippen molar-refractivity contribution in [2.75, 3.05) is 7.11 Å². The van der Waals surface area contributed by atoms with Crippen LogP contribution in [0.5, 0.6) is 0 Å². The Kier molecular flexibility index (Phi) is 4.59. The first-order valence-electron chi connectivity index (χ1n) is 7.70. The average Bonchev–Trinajstić information content (AvgIpc) is 3.03. The van der Waals surface area contributed by atoms with E-state index >= 15 is 0 Å². The van der Waals surface area contributed by atoms with E-state index in [1.807, 2.05) is 13.0 Å². The second-order valence-corrected chi connectivity index (χ2v) is 7.24. The number of fused-ring (bicyclic) bond motifs is 1. The number of nitrogens with zero attached hydrogens (tertiary/aromatic N) is 1. The minimum absolute atomic E-state index is 0.0296. The highest BCUT2D eigenvalue weighted by molar-refractivity contribution is 7.86. The summed E-state index contributed by atoms with van der Waals surface area (Å²) in [5.74, 6) is -0.493. The molecule has 25 heavy (non-hydrogen) atoms. The van der Waals surface area contributed by atoms with Gasteiger partial charge in [0, 0.05) is 5.56 Å². The second-order valence-electron chi connectivity index (χ2n) is 5.71. The first-order chi connectivity index (χ1) is 11.9. The van der Waals surface area contributed by atoms with Crippen molar-refractivity contribution >= 4 is 21.8 Å². The highest BCUT2D eigenvalue weighted by Gasteiger charge is 2.26. The van der Waals surface area contributed by atoms with E-state index in [-0.39, 0.29) is 4.90 Å². The molecule has 0 saturated heterocycles. The zero-order valence-corrected chi connectivity index (χ0v) is 14.7. The fourth-order valence-electron chi connectivity index (χ4n) is 2.74. The quantitative estimate of drug-likeness (QED) is 0.619. The Morgan fingerprint density at radius 3 is 2.48 bits per heavy atom. The fraction of sp³-hybridized carbons (Fsp3) is 0.222. The van der Waals surface area contributed by atoms with Gasteiger partial charge in [0.2, 0.25) is 0 Å². The molecule has 0 aromatic heterocycles. The van der Waals surface area contributed by atoms with Gasteiger partial charge in [0.1, 0.15) is 4.90 Å². The Bertz CT molecular complexity index is 946. The number of carbonyl (C=O) groups excluding carboxylic acids is 1. The predicted octanol–water partition coefficient (Wildman–Crippen LogP) is 2.84. The van der Waals surface area contributed by atoms with E-state index in [1.54, 1.807) is 24.3 Å². The molecule has 6 nitrogen and oxygen atoms in total. The van der Waals surface area contributed by atoms with Crippen LogP contribution >= 0.6 is 0 Å². The molecule has 0 spiro atoms. The van der Waals surface area contributed by atoms with Gasteiger partial charge in [-0.05, 0) is 43.5 Å². The molecular weight excluding hydrogens is 342 g/mol. The number of hydrogen-bond donors (Lipinski definition) is 0. The third kappa shape index (κ3) is 3.41. The van der Waals surface area contributed by atoms with Gasteiger partial charge in [-0.2, -0.15) is 8.42 Å². The monoisotopic (exact) mass is 359 g/mol. The smallest absolute Gasteiger partial charge is 0.358 e. The number of benzene rings is 2. The van der Waals surface area contributed by atoms with Gasteiger partial charge < -0.3 is 4.74 Å². The molecule has 0 radical (unpaired) electrons. The minimum Gasteiger partial charge on any atom is -0.465 e. The summed E-state index contributed by atoms with van der Waals surface area (Å²) in [5, 5.41) is 3.83. The summed E-state index contributed by atoms with van der Waals surface area (Å²) in [6.07, 6.45) is 1.15. The van der Waals surface area contributed by atoms with Crippen LogP contribution in [0.15, 0.2) is 52.5 Å². The lowest BCUT2D eigenvalue weighted by Gasteiger charge is -2.07. The standard InChI is InChI=1S/C18H17NO5S/c1-12-6-9-14(10-7-12)25(21,22)24-19-16-11-8-13-4-3-5-15(17(13)16)18(20)23-2/h3-7,9-10H,8,11H2,1-2H3/b19-16+. The molecule has 0 amide bonds. The lowest BCUT2D eigenvalue weighted by atomic mass is 10.0. The maximum atomic E-state index is 12.3. The molecule has 1 aliphatic rings. The van der Waals surface area contributed by atoms with E-state index in [0.717, 1.165) is 11.1 Å². The average molecular weight is 359 g/mol. The zero-order valence-electron chi connectivity index (χ0n) is 13.9. The Balaban J connectivity index is 1.93. The van der Waals surface area contributed by atoms with E-state index in [0.29, 0.717) is 29.7 Å². The third-order valence-corrected chi connectivity index (χ3v) is 5.15. The van der Waals surface area contributed by atoms with Crippen LogP contribution in [-0.4, -0.2) is 27.2 Å². The highest BCUT2D eigenvalue weighted by Crippen LogP contribution is 2.27. The van der Waals surface area contributed by atoms with E-state index < -0.39 is 16.1 Å². The van der Waals surface area contributed by atoms with Gasteiger partial charge >= 0.3 is 16.1 Å². The zero-order chi connectivity index (χ0) is 18.0. The largest absolute Gasteiger partial charge is 0.465 e. The number of oxime groups is 1. The van der Waals surface area contributed by atoms with Crippen molar-refractivity contribution in [2.24, 2.45) is 5.16 Å². The van der Waals surface area contributed by atoms with Gasteiger partial charge in [0.05, 0.1) is 18.4 Å². The number of ether oxygens (including phenoxy) is 1. The third-order valence-electron chi connectivity index (χ3n) is 4.03. The van der Waals surface area contributed by atoms with Gasteiger partial charge in [-0.3, -0.25) is 4.28 Å². The van der Waals surface area contributed by atoms with Crippen LogP contribution in [-0.2, 0) is 25.6 Å². The van der Waals surface area contributed by atoms with Crippen LogP contribution < -0.4 is 0 Å². The molecule has 0 heterocycles. The summed E-state index contributed by atoms with van der Waals surface area (Å²) in [4.78, 5) is 12.0. The number of carbonyl (C=O) groups is 1. The minimum atomic E-state index is -4.01. The van der Waals surface area contributed by atoms with E-state index in [2.05, 4.69) is 5.16 Å². The van der Waals surface area contributed by atoms with E-state index in [1.165, 1.54) is 19.2 Å². The molecule has 130 valence electrons. The number of esters is 1. The Labute approximate surface area is 146 Å². The first kappa shape index (κ1) is 17.2. The highest BCUT2D eigenvalue weighted by atomic mass is 32.2. The molecule has 2 aromatic carbocycles. The first-order valence-corrected chi connectivity index (χ1v) is 9.11. The summed E-state index contributed by atoms with van der Waals surface area (Å²) in [6, 6.07) is 11.6. The van der Waals surface area contributed by atoms with Crippen molar-refractivity contribution in [1.82, 2.24) is 0 Å². The van der Waals surface area contributed by atoms with E-state index in [9.17, 15) is 13.2 Å². The van der Waals surface area contributed by atoms with Crippen molar-refractivity contribution in [3.05, 3.63) is 64.7 Å². The molecule has 0 unspecified atom stereocenters. The Morgan fingerprint density at radius 2 is 1.80 bits per heavy atom. The van der Waals surface area contributed by atoms with Gasteiger partial charge in [0.25, 0.3) is 0 Å². The molecule has 0 fully saturated rings. The van der Waals surface area contributed by atoms with Crippen molar-refractivity contribution in [3.63, 3.8) is 0 Å². The van der Waals surface area contributed by atoms with Crippen molar-refractivity contribution < 1.29 is 22.2 Å². The fourth-order valence-corrected chi connectivity index (χ4v) is 3.48. The maximum Gasteiger partial charge on any atom is 0.358 e. The number of methoxy groups -OCH3 is 1. The summed E-state index contributed by atoms with van der Waals surface area (Å²) < 4.78 is 34.2. The summed E-state index contributed by atoms with van der Waals surface area (Å²) in [5.41, 5.74) is 3.23. The topological polar surface area (TPSA) is 82.0 Å². The molecule has 0 aliphatic heterocycles. The van der Waals surface area contributed by atoms with Crippen molar-refractivity contribution in [3.8, 4) is 0 Å². The van der Waals surface area contributed by atoms with Crippen LogP contribution in [0, 0.1) is 6.92 Å². The second kappa shape index (κ2) is 6.68. The van der Waals surface area contributed by atoms with Gasteiger partial charge in [-0.1, -0.05) is 35.0 Å². The lowest BCUT2D eigenvalue weighted by Crippen LogP contribution is -2.10. The van der Waals surface area contributed by atoms with Crippen molar-refractivity contribution in [2.45, 2.75) is 24.7 Å². The number of aryl methyl sites for hydroxylation is 2. The maximum absolute atomic E-state index is 12.3. The van der Waals surface area contributed by atoms with Crippen LogP contribution in [0.1, 0.15) is 33.5 Å². The number of hydrogen-bond acceptors (Lipinski definition) is 6. The molecule has 0 N–H and O–H groups in total. The van der Waals surface area contributed by atoms with Gasteiger partial charge in [-0.25, -0.2) is 4.79 Å². The molecule has 0 saturated carbocycles. The number of rotatable bonds is 4. The lowest BCUT2D eigenvalue weighted by molar-refractivity contribution is 0.0600. The molecule has 1 aliphatic carbocycles. The molecular formula is C18H17NO5S. The summed E-state index contributed by atoms with van der Waals surface area (Å²) >= 11 is 0. The van der Waals surface area contributed by atoms with Crippen LogP contribution in [0.25, 0.3) is 0 Å². The molecule has 3 rings (SSSR count). The summed E-state index contributed by atoms with van der Waals surface area (Å²) in [6.45, 7) is 1.86. The predicted molar refractivity (Wildman–Crippen MR) is 92.1 cm³/mol. The van der Waals surface area contributed by atoms with Crippen LogP contribution in [0.3, 0.4) is 0 Å².